The minimum Gasteiger partial charge on any atom is -0.496 e. The fourth-order valence-corrected chi connectivity index (χ4v) is 2.99. The molecule has 0 N–H and O–H groups in total. The number of benzene rings is 1. The van der Waals surface area contributed by atoms with E-state index in [4.69, 9.17) is 9.15 Å². The molecule has 1 aliphatic heterocycles. The summed E-state index contributed by atoms with van der Waals surface area (Å²) in [6.45, 7) is 2.17. The molecule has 25 heavy (non-hydrogen) atoms. The Labute approximate surface area is 147 Å². The van der Waals surface area contributed by atoms with E-state index in [1.807, 2.05) is 29.2 Å². The van der Waals surface area contributed by atoms with Crippen molar-refractivity contribution in [3.05, 3.63) is 54.0 Å². The van der Waals surface area contributed by atoms with Gasteiger partial charge in [-0.2, -0.15) is 0 Å². The van der Waals surface area contributed by atoms with Gasteiger partial charge in [-0.25, -0.2) is 0 Å². The van der Waals surface area contributed by atoms with Crippen LogP contribution in [0.15, 0.2) is 47.1 Å². The van der Waals surface area contributed by atoms with Gasteiger partial charge in [-0.15, -0.1) is 0 Å². The summed E-state index contributed by atoms with van der Waals surface area (Å²) in [6.07, 6.45) is 2.64. The van der Waals surface area contributed by atoms with Crippen molar-refractivity contribution < 1.29 is 18.7 Å². The Morgan fingerprint density at radius 3 is 2.44 bits per heavy atom. The number of piperazine rings is 1. The molecule has 2 heterocycles. The zero-order chi connectivity index (χ0) is 17.6. The van der Waals surface area contributed by atoms with Gasteiger partial charge in [-0.3, -0.25) is 9.59 Å². The van der Waals surface area contributed by atoms with E-state index in [1.54, 1.807) is 30.4 Å². The van der Waals surface area contributed by atoms with Gasteiger partial charge >= 0.3 is 0 Å². The maximum Gasteiger partial charge on any atom is 0.257 e. The molecule has 0 bridgehead atoms. The van der Waals surface area contributed by atoms with Crippen LogP contribution in [0, 0.1) is 0 Å². The fraction of sp³-hybridized carbons (Fsp3) is 0.368. The highest BCUT2D eigenvalue weighted by atomic mass is 16.5. The molecular formula is C19H22N2O4. The molecule has 1 aromatic heterocycles. The number of para-hydroxylation sites is 1. The maximum absolute atomic E-state index is 12.7. The number of carbonyl (C=O) groups is 2. The second-order valence-corrected chi connectivity index (χ2v) is 5.95. The van der Waals surface area contributed by atoms with E-state index in [-0.39, 0.29) is 11.8 Å². The molecule has 1 fully saturated rings. The summed E-state index contributed by atoms with van der Waals surface area (Å²) < 4.78 is 10.5. The molecular weight excluding hydrogens is 320 g/mol. The Morgan fingerprint density at radius 1 is 1.04 bits per heavy atom. The van der Waals surface area contributed by atoms with E-state index in [2.05, 4.69) is 0 Å². The fourth-order valence-electron chi connectivity index (χ4n) is 2.99. The van der Waals surface area contributed by atoms with Crippen LogP contribution in [0.4, 0.5) is 0 Å². The molecule has 132 valence electrons. The quantitative estimate of drug-likeness (QED) is 0.836. The lowest BCUT2D eigenvalue weighted by Crippen LogP contribution is -2.50. The first kappa shape index (κ1) is 17.1. The summed E-state index contributed by atoms with van der Waals surface area (Å²) >= 11 is 0. The van der Waals surface area contributed by atoms with Crippen LogP contribution in [0.2, 0.25) is 0 Å². The van der Waals surface area contributed by atoms with Crippen molar-refractivity contribution >= 4 is 11.8 Å². The summed E-state index contributed by atoms with van der Waals surface area (Å²) in [5, 5.41) is 0. The van der Waals surface area contributed by atoms with Crippen molar-refractivity contribution in [2.24, 2.45) is 0 Å². The van der Waals surface area contributed by atoms with Gasteiger partial charge in [0.25, 0.3) is 5.91 Å². The van der Waals surface area contributed by atoms with Crippen LogP contribution in [-0.2, 0) is 11.2 Å². The van der Waals surface area contributed by atoms with Crippen molar-refractivity contribution in [2.75, 3.05) is 33.3 Å². The van der Waals surface area contributed by atoms with Gasteiger partial charge in [0.2, 0.25) is 5.91 Å². The van der Waals surface area contributed by atoms with Gasteiger partial charge < -0.3 is 19.0 Å². The van der Waals surface area contributed by atoms with Crippen molar-refractivity contribution in [3.63, 3.8) is 0 Å². The first-order chi connectivity index (χ1) is 12.2. The van der Waals surface area contributed by atoms with Gasteiger partial charge in [0, 0.05) is 39.0 Å². The van der Waals surface area contributed by atoms with E-state index in [0.717, 1.165) is 5.76 Å². The number of aryl methyl sites for hydroxylation is 1. The minimum atomic E-state index is -0.0554. The van der Waals surface area contributed by atoms with E-state index in [0.29, 0.717) is 50.3 Å². The molecule has 3 rings (SSSR count). The zero-order valence-corrected chi connectivity index (χ0v) is 14.3. The normalized spacial score (nSPS) is 14.4. The average molecular weight is 342 g/mol. The second-order valence-electron chi connectivity index (χ2n) is 5.95. The number of hydrogen-bond donors (Lipinski definition) is 0. The smallest absolute Gasteiger partial charge is 0.257 e. The Bertz CT molecular complexity index is 719. The lowest BCUT2D eigenvalue weighted by molar-refractivity contribution is -0.132. The number of furan rings is 1. The molecule has 1 aliphatic rings. The summed E-state index contributed by atoms with van der Waals surface area (Å²) in [7, 11) is 1.56. The van der Waals surface area contributed by atoms with Crippen molar-refractivity contribution in [1.29, 1.82) is 0 Å². The van der Waals surface area contributed by atoms with E-state index in [1.165, 1.54) is 0 Å². The number of ether oxygens (including phenoxy) is 1. The summed E-state index contributed by atoms with van der Waals surface area (Å²) in [6, 6.07) is 10.9. The number of nitrogens with zero attached hydrogens (tertiary/aromatic N) is 2. The Kier molecular flexibility index (Phi) is 5.38. The molecule has 0 unspecified atom stereocenters. The van der Waals surface area contributed by atoms with Crippen molar-refractivity contribution in [1.82, 2.24) is 9.80 Å². The van der Waals surface area contributed by atoms with E-state index in [9.17, 15) is 9.59 Å². The monoisotopic (exact) mass is 342 g/mol. The Morgan fingerprint density at radius 2 is 1.76 bits per heavy atom. The van der Waals surface area contributed by atoms with Crippen LogP contribution in [0.3, 0.4) is 0 Å². The lowest BCUT2D eigenvalue weighted by atomic mass is 10.1. The molecule has 1 saturated heterocycles. The third kappa shape index (κ3) is 4.02. The van der Waals surface area contributed by atoms with Gasteiger partial charge in [-0.1, -0.05) is 12.1 Å². The largest absolute Gasteiger partial charge is 0.496 e. The van der Waals surface area contributed by atoms with Gasteiger partial charge in [-0.05, 0) is 24.3 Å². The highest BCUT2D eigenvalue weighted by Gasteiger charge is 2.26. The SMILES string of the molecule is COc1ccccc1C(=O)N1CCN(C(=O)CCc2ccco2)CC1. The second kappa shape index (κ2) is 7.88. The minimum absolute atomic E-state index is 0.0554. The van der Waals surface area contributed by atoms with Gasteiger partial charge in [0.1, 0.15) is 11.5 Å². The van der Waals surface area contributed by atoms with Crippen LogP contribution in [0.1, 0.15) is 22.5 Å². The number of methoxy groups -OCH3 is 1. The molecule has 2 aromatic rings. The van der Waals surface area contributed by atoms with Crippen LogP contribution >= 0.6 is 0 Å². The van der Waals surface area contributed by atoms with Crippen LogP contribution in [0.25, 0.3) is 0 Å². The molecule has 1 aromatic carbocycles. The molecule has 0 atom stereocenters. The first-order valence-corrected chi connectivity index (χ1v) is 8.41. The van der Waals surface area contributed by atoms with E-state index < -0.39 is 0 Å². The maximum atomic E-state index is 12.7. The van der Waals surface area contributed by atoms with E-state index >= 15 is 0 Å². The highest BCUT2D eigenvalue weighted by Crippen LogP contribution is 2.20. The van der Waals surface area contributed by atoms with Crippen LogP contribution < -0.4 is 4.74 Å². The Balaban J connectivity index is 1.52. The predicted octanol–water partition coefficient (Wildman–Crippen LogP) is 2.21. The zero-order valence-electron chi connectivity index (χ0n) is 14.3. The highest BCUT2D eigenvalue weighted by molar-refractivity contribution is 5.97. The molecule has 0 spiro atoms. The number of amides is 2. The number of hydrogen-bond acceptors (Lipinski definition) is 4. The molecule has 6 heteroatoms. The van der Waals surface area contributed by atoms with Gasteiger partial charge in [0.05, 0.1) is 18.9 Å². The lowest BCUT2D eigenvalue weighted by Gasteiger charge is -2.35. The average Bonchev–Trinajstić information content (AvgIpc) is 3.19. The third-order valence-electron chi connectivity index (χ3n) is 4.42. The Hall–Kier alpha value is -2.76. The molecule has 0 aliphatic carbocycles. The standard InChI is InChI=1S/C19H22N2O4/c1-24-17-7-3-2-6-16(17)19(23)21-12-10-20(11-13-21)18(22)9-8-15-5-4-14-25-15/h2-7,14H,8-13H2,1H3. The van der Waals surface area contributed by atoms with Gasteiger partial charge in [0.15, 0.2) is 0 Å². The van der Waals surface area contributed by atoms with Crippen molar-refractivity contribution in [3.8, 4) is 5.75 Å². The topological polar surface area (TPSA) is 63.0 Å². The van der Waals surface area contributed by atoms with Crippen LogP contribution in [0.5, 0.6) is 5.75 Å². The molecule has 6 nitrogen and oxygen atoms in total. The summed E-state index contributed by atoms with van der Waals surface area (Å²) in [5.74, 6) is 1.43. The predicted molar refractivity (Wildman–Crippen MR) is 92.5 cm³/mol. The number of carbonyl (C=O) groups excluding carboxylic acids is 2. The molecule has 2 amide bonds. The number of rotatable bonds is 5. The van der Waals surface area contributed by atoms with Crippen molar-refractivity contribution in [2.45, 2.75) is 12.8 Å². The molecule has 0 radical (unpaired) electrons. The first-order valence-electron chi connectivity index (χ1n) is 8.41. The van der Waals surface area contributed by atoms with Crippen LogP contribution in [-0.4, -0.2) is 54.9 Å². The molecule has 0 saturated carbocycles. The third-order valence-corrected chi connectivity index (χ3v) is 4.42. The summed E-state index contributed by atoms with van der Waals surface area (Å²) in [4.78, 5) is 28.6. The summed E-state index contributed by atoms with van der Waals surface area (Å²) in [5.41, 5.74) is 0.558.